The Morgan fingerprint density at radius 1 is 1.00 bits per heavy atom. The van der Waals surface area contributed by atoms with Gasteiger partial charge in [0.05, 0.1) is 4.90 Å². The molecule has 0 unspecified atom stereocenters. The van der Waals surface area contributed by atoms with Crippen LogP contribution in [0.15, 0.2) is 29.2 Å². The maximum atomic E-state index is 12.0. The van der Waals surface area contributed by atoms with Crippen molar-refractivity contribution in [1.82, 2.24) is 15.5 Å². The number of sulfonamides is 1. The van der Waals surface area contributed by atoms with Crippen LogP contribution >= 0.6 is 0 Å². The van der Waals surface area contributed by atoms with Crippen LogP contribution in [-0.2, 0) is 14.8 Å². The van der Waals surface area contributed by atoms with Gasteiger partial charge in [0.25, 0.3) is 10.0 Å². The number of urea groups is 1. The Labute approximate surface area is 148 Å². The molecule has 0 fully saturated rings. The largest absolute Gasteiger partial charge is 0.337 e. The van der Waals surface area contributed by atoms with E-state index in [9.17, 15) is 18.0 Å². The number of amides is 3. The van der Waals surface area contributed by atoms with Crippen LogP contribution in [0.1, 0.15) is 44.1 Å². The van der Waals surface area contributed by atoms with E-state index >= 15 is 0 Å². The Balaban J connectivity index is 2.18. The van der Waals surface area contributed by atoms with Crippen molar-refractivity contribution >= 4 is 22.0 Å². The smallest absolute Gasteiger partial charge is 0.328 e. The van der Waals surface area contributed by atoms with Crippen LogP contribution < -0.4 is 15.5 Å². The first-order valence-electron chi connectivity index (χ1n) is 8.15. The molecule has 0 spiro atoms. The third kappa shape index (κ3) is 8.50. The van der Waals surface area contributed by atoms with Crippen molar-refractivity contribution in [3.05, 3.63) is 29.8 Å². The highest BCUT2D eigenvalue weighted by Gasteiger charge is 2.16. The summed E-state index contributed by atoms with van der Waals surface area (Å²) in [5.74, 6) is -0.395. The van der Waals surface area contributed by atoms with Crippen molar-refractivity contribution in [2.75, 3.05) is 6.54 Å². The number of carbonyl (C=O) groups is 2. The van der Waals surface area contributed by atoms with Gasteiger partial charge in [0.15, 0.2) is 0 Å². The third-order valence-electron chi connectivity index (χ3n) is 3.55. The summed E-state index contributed by atoms with van der Waals surface area (Å²) in [5, 5.41) is 10.8. The lowest BCUT2D eigenvalue weighted by Gasteiger charge is -2.09. The van der Waals surface area contributed by atoms with E-state index in [1.54, 1.807) is 17.6 Å². The summed E-state index contributed by atoms with van der Waals surface area (Å²) >= 11 is 0. The zero-order valence-corrected chi connectivity index (χ0v) is 15.1. The monoisotopic (exact) mass is 371 g/mol. The minimum atomic E-state index is -3.86. The van der Waals surface area contributed by atoms with Crippen LogP contribution in [0, 0.1) is 6.92 Å². The van der Waals surface area contributed by atoms with E-state index in [-0.39, 0.29) is 11.3 Å². The zero-order chi connectivity index (χ0) is 18.7. The highest BCUT2D eigenvalue weighted by molar-refractivity contribution is 7.90. The van der Waals surface area contributed by atoms with Crippen molar-refractivity contribution < 1.29 is 23.2 Å². The molecule has 0 aliphatic carbocycles. The van der Waals surface area contributed by atoms with Crippen LogP contribution in [0.2, 0.25) is 0 Å². The first-order chi connectivity index (χ1) is 11.8. The van der Waals surface area contributed by atoms with Crippen LogP contribution in [0.4, 0.5) is 4.79 Å². The molecule has 1 aromatic carbocycles. The summed E-state index contributed by atoms with van der Waals surface area (Å²) < 4.78 is 26.0. The molecule has 0 aliphatic rings. The molecule has 0 radical (unpaired) electrons. The fourth-order valence-electron chi connectivity index (χ4n) is 2.13. The first-order valence-corrected chi connectivity index (χ1v) is 9.64. The lowest BCUT2D eigenvalue weighted by atomic mass is 10.1. The summed E-state index contributed by atoms with van der Waals surface area (Å²) in [6, 6.07) is 5.47. The number of benzene rings is 1. The lowest BCUT2D eigenvalue weighted by molar-refractivity contribution is -0.129. The SMILES string of the molecule is Cc1ccc(S(=O)(=O)NC(=O)NCCCCCCCC(=O)NO)cc1. The molecule has 0 saturated carbocycles. The van der Waals surface area contributed by atoms with Crippen LogP contribution in [0.5, 0.6) is 0 Å². The Morgan fingerprint density at radius 2 is 1.60 bits per heavy atom. The second-order valence-corrected chi connectivity index (χ2v) is 7.41. The van der Waals surface area contributed by atoms with Gasteiger partial charge < -0.3 is 5.32 Å². The third-order valence-corrected chi connectivity index (χ3v) is 4.90. The predicted octanol–water partition coefficient (Wildman–Crippen LogP) is 1.83. The van der Waals surface area contributed by atoms with Gasteiger partial charge in [-0.15, -0.1) is 0 Å². The summed E-state index contributed by atoms with van der Waals surface area (Å²) in [5.41, 5.74) is 2.51. The van der Waals surface area contributed by atoms with Gasteiger partial charge in [-0.2, -0.15) is 0 Å². The van der Waals surface area contributed by atoms with E-state index in [2.05, 4.69) is 5.32 Å². The van der Waals surface area contributed by atoms with Crippen molar-refractivity contribution in [3.8, 4) is 0 Å². The number of hydrogen-bond donors (Lipinski definition) is 4. The predicted molar refractivity (Wildman–Crippen MR) is 92.5 cm³/mol. The summed E-state index contributed by atoms with van der Waals surface area (Å²) in [6.07, 6.45) is 4.28. The van der Waals surface area contributed by atoms with Crippen molar-refractivity contribution in [2.24, 2.45) is 0 Å². The molecule has 25 heavy (non-hydrogen) atoms. The van der Waals surface area contributed by atoms with Crippen molar-refractivity contribution in [2.45, 2.75) is 50.3 Å². The molecular formula is C16H25N3O5S. The minimum absolute atomic E-state index is 0.0418. The summed E-state index contributed by atoms with van der Waals surface area (Å²) in [7, 11) is -3.86. The van der Waals surface area contributed by atoms with Crippen LogP contribution in [-0.4, -0.2) is 32.1 Å². The van der Waals surface area contributed by atoms with Gasteiger partial charge in [-0.3, -0.25) is 10.0 Å². The fraction of sp³-hybridized carbons (Fsp3) is 0.500. The molecule has 0 atom stereocenters. The average molecular weight is 371 g/mol. The standard InChI is InChI=1S/C16H25N3O5S/c1-13-8-10-14(11-9-13)25(23,24)19-16(21)17-12-6-4-2-3-5-7-15(20)18-22/h8-11,22H,2-7,12H2,1H3,(H,18,20)(H2,17,19,21). The highest BCUT2D eigenvalue weighted by atomic mass is 32.2. The molecule has 1 rings (SSSR count). The van der Waals surface area contributed by atoms with Crippen LogP contribution in [0.25, 0.3) is 0 Å². The number of carbonyl (C=O) groups excluding carboxylic acids is 2. The molecule has 140 valence electrons. The van der Waals surface area contributed by atoms with Gasteiger partial charge in [0.1, 0.15) is 0 Å². The minimum Gasteiger partial charge on any atom is -0.337 e. The number of nitrogens with one attached hydrogen (secondary N) is 3. The summed E-state index contributed by atoms with van der Waals surface area (Å²) in [4.78, 5) is 22.5. The number of hydroxylamine groups is 1. The van der Waals surface area contributed by atoms with E-state index < -0.39 is 22.0 Å². The number of hydrogen-bond acceptors (Lipinski definition) is 5. The Morgan fingerprint density at radius 3 is 2.24 bits per heavy atom. The first kappa shape index (κ1) is 20.9. The van der Waals surface area contributed by atoms with E-state index in [1.807, 2.05) is 11.6 Å². The number of aryl methyl sites for hydroxylation is 1. The van der Waals surface area contributed by atoms with Gasteiger partial charge >= 0.3 is 6.03 Å². The van der Waals surface area contributed by atoms with Gasteiger partial charge in [0, 0.05) is 13.0 Å². The second-order valence-electron chi connectivity index (χ2n) is 5.73. The quantitative estimate of drug-likeness (QED) is 0.284. The molecule has 3 amide bonds. The average Bonchev–Trinajstić information content (AvgIpc) is 2.56. The van der Waals surface area contributed by atoms with Gasteiger partial charge in [-0.1, -0.05) is 37.0 Å². The Kier molecular flexibility index (Phi) is 8.93. The topological polar surface area (TPSA) is 125 Å². The molecule has 0 saturated heterocycles. The van der Waals surface area contributed by atoms with Crippen LogP contribution in [0.3, 0.4) is 0 Å². The molecule has 8 nitrogen and oxygen atoms in total. The number of unbranched alkanes of at least 4 members (excludes halogenated alkanes) is 4. The maximum Gasteiger partial charge on any atom is 0.328 e. The molecule has 9 heteroatoms. The molecule has 4 N–H and O–H groups in total. The van der Waals surface area contributed by atoms with Crippen molar-refractivity contribution in [3.63, 3.8) is 0 Å². The zero-order valence-electron chi connectivity index (χ0n) is 14.2. The van der Waals surface area contributed by atoms with Crippen molar-refractivity contribution in [1.29, 1.82) is 0 Å². The van der Waals surface area contributed by atoms with E-state index in [4.69, 9.17) is 5.21 Å². The van der Waals surface area contributed by atoms with Gasteiger partial charge in [-0.25, -0.2) is 23.4 Å². The van der Waals surface area contributed by atoms with Gasteiger partial charge in [0.2, 0.25) is 5.91 Å². The summed E-state index contributed by atoms with van der Waals surface area (Å²) in [6.45, 7) is 2.21. The van der Waals surface area contributed by atoms with E-state index in [0.29, 0.717) is 19.4 Å². The maximum absolute atomic E-state index is 12.0. The molecular weight excluding hydrogens is 346 g/mol. The molecule has 0 bridgehead atoms. The Bertz CT molecular complexity index is 659. The normalized spacial score (nSPS) is 11.0. The molecule has 1 aromatic rings. The highest BCUT2D eigenvalue weighted by Crippen LogP contribution is 2.09. The molecule has 0 aliphatic heterocycles. The van der Waals surface area contributed by atoms with E-state index in [1.165, 1.54) is 12.1 Å². The molecule has 0 aromatic heterocycles. The van der Waals surface area contributed by atoms with Gasteiger partial charge in [-0.05, 0) is 31.9 Å². The number of rotatable bonds is 10. The van der Waals surface area contributed by atoms with E-state index in [0.717, 1.165) is 24.8 Å². The molecule has 0 heterocycles. The second kappa shape index (κ2) is 10.7. The lowest BCUT2D eigenvalue weighted by Crippen LogP contribution is -2.39. The fourth-order valence-corrected chi connectivity index (χ4v) is 3.06. The Hall–Kier alpha value is -2.13.